The summed E-state index contributed by atoms with van der Waals surface area (Å²) >= 11 is 1.18. The first kappa shape index (κ1) is 17.1. The molecule has 8 nitrogen and oxygen atoms in total. The summed E-state index contributed by atoms with van der Waals surface area (Å²) in [6.45, 7) is 3.86. The molecule has 0 aliphatic heterocycles. The molecule has 3 heterocycles. The van der Waals surface area contributed by atoms with Crippen molar-refractivity contribution in [2.24, 2.45) is 7.05 Å². The normalized spacial score (nSPS) is 13.4. The van der Waals surface area contributed by atoms with Gasteiger partial charge in [0.05, 0.1) is 35.7 Å². The Morgan fingerprint density at radius 2 is 1.96 bits per heavy atom. The van der Waals surface area contributed by atoms with Crippen LogP contribution < -0.4 is 25.6 Å². The molecule has 27 heavy (non-hydrogen) atoms. The van der Waals surface area contributed by atoms with Crippen LogP contribution in [0.3, 0.4) is 0 Å². The van der Waals surface area contributed by atoms with E-state index in [-0.39, 0.29) is 5.56 Å². The molecule has 0 saturated heterocycles. The van der Waals surface area contributed by atoms with Crippen molar-refractivity contribution < 1.29 is 9.47 Å². The van der Waals surface area contributed by atoms with E-state index in [4.69, 9.17) is 9.47 Å². The number of aromatic nitrogens is 5. The van der Waals surface area contributed by atoms with Crippen LogP contribution in [0.25, 0.3) is 23.6 Å². The third-order valence-electron chi connectivity index (χ3n) is 4.41. The van der Waals surface area contributed by atoms with E-state index < -0.39 is 0 Å². The highest BCUT2D eigenvalue weighted by Gasteiger charge is 2.15. The van der Waals surface area contributed by atoms with Crippen LogP contribution in [0.15, 0.2) is 23.1 Å². The Morgan fingerprint density at radius 1 is 1.22 bits per heavy atom. The van der Waals surface area contributed by atoms with Gasteiger partial charge in [-0.15, -0.1) is 5.10 Å². The second-order valence-electron chi connectivity index (χ2n) is 5.95. The molecular weight excluding hydrogens is 366 g/mol. The Balaban J connectivity index is 2.17. The highest BCUT2D eigenvalue weighted by Crippen LogP contribution is 2.36. The molecule has 4 aromatic rings. The zero-order chi connectivity index (χ0) is 19.1. The fourth-order valence-corrected chi connectivity index (χ4v) is 3.82. The molecule has 0 aliphatic rings. The van der Waals surface area contributed by atoms with Crippen molar-refractivity contribution in [3.05, 3.63) is 54.7 Å². The van der Waals surface area contributed by atoms with Crippen molar-refractivity contribution in [1.82, 2.24) is 24.4 Å². The Hall–Kier alpha value is -3.33. The van der Waals surface area contributed by atoms with Gasteiger partial charge in [0.15, 0.2) is 0 Å². The number of nitrogens with one attached hydrogen (secondary N) is 2. The molecule has 0 aliphatic carbocycles. The fraction of sp³-hybridized carbons (Fsp3) is 0.167. The zero-order valence-corrected chi connectivity index (χ0v) is 15.8. The molecular formula is C18H17N5O3S. The second-order valence-corrected chi connectivity index (χ2v) is 6.70. The third kappa shape index (κ3) is 2.63. The van der Waals surface area contributed by atoms with Gasteiger partial charge in [0.25, 0.3) is 5.56 Å². The predicted molar refractivity (Wildman–Crippen MR) is 103 cm³/mol. The summed E-state index contributed by atoms with van der Waals surface area (Å²) in [5, 5.41) is 11.9. The first-order chi connectivity index (χ1) is 13.0. The lowest BCUT2D eigenvalue weighted by atomic mass is 10.1. The van der Waals surface area contributed by atoms with Crippen LogP contribution in [0.5, 0.6) is 11.5 Å². The highest BCUT2D eigenvalue weighted by atomic mass is 32.1. The fourth-order valence-electron chi connectivity index (χ4n) is 3.20. The summed E-state index contributed by atoms with van der Waals surface area (Å²) in [4.78, 5) is 12.4. The Bertz CT molecular complexity index is 1410. The number of hydrogen-bond donors (Lipinski definition) is 2. The molecule has 138 valence electrons. The molecule has 0 spiro atoms. The van der Waals surface area contributed by atoms with Gasteiger partial charge in [0.2, 0.25) is 0 Å². The van der Waals surface area contributed by atoms with Gasteiger partial charge in [-0.2, -0.15) is 0 Å². The quantitative estimate of drug-likeness (QED) is 0.540. The minimum Gasteiger partial charge on any atom is -0.496 e. The molecule has 0 radical (unpaired) electrons. The van der Waals surface area contributed by atoms with Crippen LogP contribution in [0.2, 0.25) is 0 Å². The minimum atomic E-state index is -0.239. The molecule has 1 aromatic carbocycles. The number of aryl methyl sites for hydroxylation is 1. The van der Waals surface area contributed by atoms with Gasteiger partial charge < -0.3 is 14.0 Å². The average Bonchev–Trinajstić information content (AvgIpc) is 3.34. The monoisotopic (exact) mass is 383 g/mol. The Kier molecular flexibility index (Phi) is 4.08. The number of H-pyrrole nitrogens is 2. The Labute approximate surface area is 156 Å². The maximum absolute atomic E-state index is 12.4. The van der Waals surface area contributed by atoms with E-state index in [0.29, 0.717) is 26.2 Å². The SMILES string of the molecule is C=c1nns/c1=c1\[nH][nH]c(=O)\c1=C/c1cn(C)c2c(OC)ccc(OC)c12. The van der Waals surface area contributed by atoms with Crippen LogP contribution in [0.1, 0.15) is 5.56 Å². The maximum Gasteiger partial charge on any atom is 0.271 e. The van der Waals surface area contributed by atoms with Crippen LogP contribution in [0.4, 0.5) is 0 Å². The average molecular weight is 383 g/mol. The zero-order valence-electron chi connectivity index (χ0n) is 15.0. The molecule has 3 aromatic heterocycles. The molecule has 2 N–H and O–H groups in total. The van der Waals surface area contributed by atoms with Crippen LogP contribution in [-0.2, 0) is 7.05 Å². The van der Waals surface area contributed by atoms with Gasteiger partial charge in [-0.25, -0.2) is 0 Å². The van der Waals surface area contributed by atoms with E-state index >= 15 is 0 Å². The lowest BCUT2D eigenvalue weighted by Gasteiger charge is -2.08. The van der Waals surface area contributed by atoms with Crippen molar-refractivity contribution in [2.45, 2.75) is 0 Å². The molecule has 0 atom stereocenters. The van der Waals surface area contributed by atoms with Crippen molar-refractivity contribution in [3.8, 4) is 11.5 Å². The number of methoxy groups -OCH3 is 2. The first-order valence-electron chi connectivity index (χ1n) is 8.05. The summed E-state index contributed by atoms with van der Waals surface area (Å²) in [5.74, 6) is 1.42. The van der Waals surface area contributed by atoms with Crippen LogP contribution in [-0.4, -0.2) is 38.6 Å². The summed E-state index contributed by atoms with van der Waals surface area (Å²) in [5.41, 5.74) is 1.48. The number of benzene rings is 1. The Morgan fingerprint density at radius 3 is 2.63 bits per heavy atom. The minimum absolute atomic E-state index is 0.239. The summed E-state index contributed by atoms with van der Waals surface area (Å²) < 4.78 is 17.6. The lowest BCUT2D eigenvalue weighted by molar-refractivity contribution is 0.409. The largest absolute Gasteiger partial charge is 0.496 e. The topological polar surface area (TPSA) is 97.8 Å². The van der Waals surface area contributed by atoms with Crippen molar-refractivity contribution in [3.63, 3.8) is 0 Å². The van der Waals surface area contributed by atoms with Gasteiger partial charge >= 0.3 is 0 Å². The van der Waals surface area contributed by atoms with E-state index in [9.17, 15) is 4.79 Å². The second kappa shape index (κ2) is 6.44. The van der Waals surface area contributed by atoms with Gasteiger partial charge in [-0.1, -0.05) is 11.1 Å². The molecule has 0 fully saturated rings. The third-order valence-corrected chi connectivity index (χ3v) is 5.20. The van der Waals surface area contributed by atoms with Crippen molar-refractivity contribution >= 4 is 35.1 Å². The van der Waals surface area contributed by atoms with Gasteiger partial charge in [0, 0.05) is 18.8 Å². The molecule has 0 unspecified atom stereocenters. The molecule has 0 bridgehead atoms. The smallest absolute Gasteiger partial charge is 0.271 e. The number of ether oxygens (including phenoxy) is 2. The number of aromatic amines is 2. The lowest BCUT2D eigenvalue weighted by Crippen LogP contribution is -2.22. The molecule has 0 amide bonds. The van der Waals surface area contributed by atoms with Gasteiger partial charge in [-0.3, -0.25) is 15.0 Å². The van der Waals surface area contributed by atoms with Gasteiger partial charge in [0.1, 0.15) is 21.4 Å². The molecule has 4 rings (SSSR count). The number of fused-ring (bicyclic) bond motifs is 1. The summed E-state index contributed by atoms with van der Waals surface area (Å²) in [6, 6.07) is 3.71. The van der Waals surface area contributed by atoms with Crippen LogP contribution >= 0.6 is 11.5 Å². The van der Waals surface area contributed by atoms with Crippen LogP contribution in [0, 0.1) is 9.88 Å². The number of nitrogens with zero attached hydrogens (tertiary/aromatic N) is 3. The number of hydrogen-bond acceptors (Lipinski definition) is 6. The van der Waals surface area contributed by atoms with E-state index in [1.54, 1.807) is 14.2 Å². The number of rotatable bonds is 3. The van der Waals surface area contributed by atoms with E-state index in [0.717, 1.165) is 22.2 Å². The van der Waals surface area contributed by atoms with Gasteiger partial charge in [-0.05, 0) is 29.7 Å². The summed E-state index contributed by atoms with van der Waals surface area (Å²) in [6.07, 6.45) is 3.75. The maximum atomic E-state index is 12.4. The van der Waals surface area contributed by atoms with E-state index in [1.807, 2.05) is 36.0 Å². The summed E-state index contributed by atoms with van der Waals surface area (Å²) in [7, 11) is 5.16. The van der Waals surface area contributed by atoms with E-state index in [2.05, 4.69) is 26.4 Å². The molecule has 0 saturated carbocycles. The van der Waals surface area contributed by atoms with E-state index in [1.165, 1.54) is 11.5 Å². The van der Waals surface area contributed by atoms with Crippen molar-refractivity contribution in [2.75, 3.05) is 14.2 Å². The standard InChI is InChI=1S/C18H17N5O3S/c1-9-17(27-22-19-9)15-11(18(24)21-20-15)7-10-8-23(2)16-13(26-4)6-5-12(25-3)14(10)16/h5-8,20H,1H2,2-4H3,(H,21,24)/b11-7-,17-15-. The predicted octanol–water partition coefficient (Wildman–Crippen LogP) is 0.589. The van der Waals surface area contributed by atoms with Crippen molar-refractivity contribution in [1.29, 1.82) is 0 Å². The highest BCUT2D eigenvalue weighted by molar-refractivity contribution is 7.03. The molecule has 9 heteroatoms. The first-order valence-corrected chi connectivity index (χ1v) is 8.82.